The molecule has 2 heterocycles. The average molecular weight is 409 g/mol. The fraction of sp³-hybridized carbons (Fsp3) is 0.263. The van der Waals surface area contributed by atoms with E-state index in [1.54, 1.807) is 18.5 Å². The number of imidazole rings is 1. The molecule has 0 aliphatic rings. The Kier molecular flexibility index (Phi) is 6.48. The van der Waals surface area contributed by atoms with Crippen LogP contribution in [-0.2, 0) is 13.1 Å². The third-order valence-corrected chi connectivity index (χ3v) is 5.19. The Bertz CT molecular complexity index is 1060. The van der Waals surface area contributed by atoms with E-state index in [0.717, 1.165) is 21.2 Å². The molecule has 0 aliphatic carbocycles. The Labute approximate surface area is 171 Å². The first-order chi connectivity index (χ1) is 14.0. The zero-order valence-corrected chi connectivity index (χ0v) is 16.8. The van der Waals surface area contributed by atoms with Crippen LogP contribution in [0.3, 0.4) is 0 Å². The Morgan fingerprint density at radius 1 is 1.31 bits per heavy atom. The van der Waals surface area contributed by atoms with Gasteiger partial charge in [0.15, 0.2) is 0 Å². The number of nitro benzene ring substituents is 1. The van der Waals surface area contributed by atoms with E-state index < -0.39 is 4.92 Å². The molecule has 2 aromatic heterocycles. The molecule has 0 N–H and O–H groups in total. The summed E-state index contributed by atoms with van der Waals surface area (Å²) in [6.07, 6.45) is 3.46. The van der Waals surface area contributed by atoms with Crippen molar-refractivity contribution in [2.75, 3.05) is 0 Å². The van der Waals surface area contributed by atoms with Gasteiger partial charge < -0.3 is 4.57 Å². The van der Waals surface area contributed by atoms with Crippen molar-refractivity contribution < 1.29 is 4.92 Å². The highest BCUT2D eigenvalue weighted by Crippen LogP contribution is 2.36. The van der Waals surface area contributed by atoms with Crippen molar-refractivity contribution in [2.24, 2.45) is 5.11 Å². The van der Waals surface area contributed by atoms with Gasteiger partial charge in [-0.3, -0.25) is 15.1 Å². The van der Waals surface area contributed by atoms with E-state index in [4.69, 9.17) is 10.5 Å². The van der Waals surface area contributed by atoms with Crippen LogP contribution in [0.5, 0.6) is 0 Å². The highest BCUT2D eigenvalue weighted by atomic mass is 32.2. The number of hydrogen-bond acceptors (Lipinski definition) is 6. The molecule has 1 aromatic carbocycles. The summed E-state index contributed by atoms with van der Waals surface area (Å²) in [6.45, 7) is 4.81. The first kappa shape index (κ1) is 20.4. The van der Waals surface area contributed by atoms with E-state index in [1.807, 2.05) is 22.8 Å². The van der Waals surface area contributed by atoms with Gasteiger partial charge in [0.1, 0.15) is 10.9 Å². The molecule has 3 aromatic rings. The Balaban J connectivity index is 2.05. The zero-order valence-electron chi connectivity index (χ0n) is 16.0. The molecule has 0 amide bonds. The van der Waals surface area contributed by atoms with Crippen molar-refractivity contribution in [3.05, 3.63) is 86.4 Å². The molecular formula is C19H19N7O2S. The second-order valence-electron chi connectivity index (χ2n) is 6.56. The lowest BCUT2D eigenvalue weighted by Crippen LogP contribution is -2.10. The van der Waals surface area contributed by atoms with Gasteiger partial charge in [0.05, 0.1) is 17.2 Å². The van der Waals surface area contributed by atoms with Crippen LogP contribution in [0.4, 0.5) is 5.69 Å². The molecule has 0 bridgehead atoms. The predicted octanol–water partition coefficient (Wildman–Crippen LogP) is 5.32. The third-order valence-electron chi connectivity index (χ3n) is 4.21. The van der Waals surface area contributed by atoms with E-state index in [9.17, 15) is 10.1 Å². The Morgan fingerprint density at radius 2 is 2.07 bits per heavy atom. The number of pyridine rings is 1. The first-order valence-electron chi connectivity index (χ1n) is 8.91. The summed E-state index contributed by atoms with van der Waals surface area (Å²) in [7, 11) is 0. The lowest BCUT2D eigenvalue weighted by molar-refractivity contribution is -0.385. The smallest absolute Gasteiger partial charge is 0.270 e. The van der Waals surface area contributed by atoms with Gasteiger partial charge in [0.25, 0.3) is 5.69 Å². The van der Waals surface area contributed by atoms with Crippen LogP contribution < -0.4 is 0 Å². The van der Waals surface area contributed by atoms with Gasteiger partial charge in [0, 0.05) is 40.9 Å². The molecule has 0 radical (unpaired) electrons. The van der Waals surface area contributed by atoms with Crippen molar-refractivity contribution in [1.29, 1.82) is 0 Å². The number of azide groups is 1. The second-order valence-corrected chi connectivity index (χ2v) is 7.62. The van der Waals surface area contributed by atoms with Gasteiger partial charge in [-0.15, -0.1) is 0 Å². The first-order valence-corrected chi connectivity index (χ1v) is 9.72. The lowest BCUT2D eigenvalue weighted by Gasteiger charge is -2.15. The fourth-order valence-electron chi connectivity index (χ4n) is 2.96. The van der Waals surface area contributed by atoms with E-state index in [2.05, 4.69) is 28.9 Å². The number of nitro groups is 1. The van der Waals surface area contributed by atoms with Crippen molar-refractivity contribution in [2.45, 2.75) is 42.8 Å². The minimum Gasteiger partial charge on any atom is -0.326 e. The van der Waals surface area contributed by atoms with Crippen molar-refractivity contribution in [3.8, 4) is 0 Å². The highest BCUT2D eigenvalue weighted by molar-refractivity contribution is 7.99. The van der Waals surface area contributed by atoms with Gasteiger partial charge in [-0.2, -0.15) is 0 Å². The second kappa shape index (κ2) is 9.22. The maximum absolute atomic E-state index is 11.1. The quantitative estimate of drug-likeness (QED) is 0.164. The minimum absolute atomic E-state index is 0.0339. The normalized spacial score (nSPS) is 10.7. The van der Waals surface area contributed by atoms with Gasteiger partial charge in [-0.25, -0.2) is 4.98 Å². The molecule has 0 atom stereocenters. The molecule has 3 rings (SSSR count). The van der Waals surface area contributed by atoms with Crippen molar-refractivity contribution in [1.82, 2.24) is 14.5 Å². The summed E-state index contributed by atoms with van der Waals surface area (Å²) in [5, 5.41) is 15.5. The average Bonchev–Trinajstić information content (AvgIpc) is 3.04. The number of aromatic nitrogens is 3. The zero-order chi connectivity index (χ0) is 20.8. The summed E-state index contributed by atoms with van der Waals surface area (Å²) >= 11 is 1.37. The summed E-state index contributed by atoms with van der Waals surface area (Å²) in [5.41, 5.74) is 10.8. The minimum atomic E-state index is -0.414. The monoisotopic (exact) mass is 409 g/mol. The van der Waals surface area contributed by atoms with Crippen LogP contribution in [0.25, 0.3) is 10.4 Å². The van der Waals surface area contributed by atoms with Crippen molar-refractivity contribution in [3.63, 3.8) is 0 Å². The van der Waals surface area contributed by atoms with E-state index in [-0.39, 0.29) is 18.2 Å². The molecule has 148 valence electrons. The maximum Gasteiger partial charge on any atom is 0.270 e. The van der Waals surface area contributed by atoms with Gasteiger partial charge in [-0.1, -0.05) is 36.8 Å². The molecule has 29 heavy (non-hydrogen) atoms. The van der Waals surface area contributed by atoms with Crippen LogP contribution in [0.2, 0.25) is 0 Å². The summed E-state index contributed by atoms with van der Waals surface area (Å²) in [4.78, 5) is 23.0. The molecule has 0 saturated heterocycles. The molecule has 0 aliphatic heterocycles. The number of benzene rings is 1. The van der Waals surface area contributed by atoms with Crippen LogP contribution in [0, 0.1) is 10.1 Å². The maximum atomic E-state index is 11.1. The third kappa shape index (κ3) is 4.92. The standard InChI is InChI=1S/C19H19N7O2S/c1-13(2)18-19(29-16-5-3-4-15(10-16)26(27)28)23-17(11-22-24-20)25(18)12-14-6-8-21-9-7-14/h3-10,13H,11-12H2,1-2H3. The summed E-state index contributed by atoms with van der Waals surface area (Å²) in [6, 6.07) is 10.3. The molecule has 0 fully saturated rings. The van der Waals surface area contributed by atoms with Crippen molar-refractivity contribution >= 4 is 17.4 Å². The van der Waals surface area contributed by atoms with Crippen LogP contribution in [-0.4, -0.2) is 19.5 Å². The summed E-state index contributed by atoms with van der Waals surface area (Å²) in [5.74, 6) is 0.793. The van der Waals surface area contributed by atoms with Gasteiger partial charge in [0.2, 0.25) is 0 Å². The van der Waals surface area contributed by atoms with E-state index >= 15 is 0 Å². The number of non-ortho nitro benzene ring substituents is 1. The molecular weight excluding hydrogens is 390 g/mol. The molecule has 0 spiro atoms. The van der Waals surface area contributed by atoms with E-state index in [0.29, 0.717) is 12.4 Å². The predicted molar refractivity (Wildman–Crippen MR) is 110 cm³/mol. The van der Waals surface area contributed by atoms with Crippen LogP contribution in [0.15, 0.2) is 63.8 Å². The van der Waals surface area contributed by atoms with Gasteiger partial charge >= 0.3 is 0 Å². The molecule has 10 heteroatoms. The largest absolute Gasteiger partial charge is 0.326 e. The fourth-order valence-corrected chi connectivity index (χ4v) is 4.11. The molecule has 0 saturated carbocycles. The number of rotatable bonds is 8. The lowest BCUT2D eigenvalue weighted by atomic mass is 10.1. The SMILES string of the molecule is CC(C)c1c(Sc2cccc([N+](=O)[O-])c2)nc(CN=[N+]=[N-])n1Cc1ccncc1. The van der Waals surface area contributed by atoms with Crippen LogP contribution >= 0.6 is 11.8 Å². The van der Waals surface area contributed by atoms with E-state index in [1.165, 1.54) is 23.9 Å². The topological polar surface area (TPSA) is 123 Å². The van der Waals surface area contributed by atoms with Gasteiger partial charge in [-0.05, 0) is 35.2 Å². The van der Waals surface area contributed by atoms with Crippen LogP contribution in [0.1, 0.15) is 36.8 Å². The summed E-state index contributed by atoms with van der Waals surface area (Å²) < 4.78 is 2.05. The molecule has 9 nitrogen and oxygen atoms in total. The number of nitrogens with zero attached hydrogens (tertiary/aromatic N) is 7. The Morgan fingerprint density at radius 3 is 2.72 bits per heavy atom. The highest BCUT2D eigenvalue weighted by Gasteiger charge is 2.21. The Hall–Kier alpha value is -3.36. The number of hydrogen-bond donors (Lipinski definition) is 0. The molecule has 0 unspecified atom stereocenters.